The number of nitrogens with zero attached hydrogens (tertiary/aromatic N) is 1. The van der Waals surface area contributed by atoms with Crippen LogP contribution >= 0.6 is 11.3 Å². The summed E-state index contributed by atoms with van der Waals surface area (Å²) in [5, 5.41) is 0.791. The number of thiazole rings is 1. The lowest BCUT2D eigenvalue weighted by Crippen LogP contribution is -2.23. The summed E-state index contributed by atoms with van der Waals surface area (Å²) in [6.07, 6.45) is -4.51. The zero-order chi connectivity index (χ0) is 20.5. The lowest BCUT2D eigenvalue weighted by atomic mass is 10.1. The zero-order valence-corrected chi connectivity index (χ0v) is 16.7. The van der Waals surface area contributed by atoms with Crippen LogP contribution in [0, 0.1) is 13.8 Å². The molecule has 3 rings (SSSR count). The Morgan fingerprint density at radius 2 is 1.68 bits per heavy atom. The summed E-state index contributed by atoms with van der Waals surface area (Å²) in [6, 6.07) is 11.2. The summed E-state index contributed by atoms with van der Waals surface area (Å²) in [5.41, 5.74) is 1.85. The standard InChI is InChI=1S/C19H17F3N2O2S2/c1-12-5-3-4-6-16(12)18-24-13(2)17(27-18)11-23-28(25,26)15-9-7-14(8-10-15)19(20,21)22/h3-10,23H,11H2,1-2H3. The van der Waals surface area contributed by atoms with E-state index in [0.717, 1.165) is 45.3 Å². The van der Waals surface area contributed by atoms with Crippen molar-refractivity contribution in [2.24, 2.45) is 0 Å². The van der Waals surface area contributed by atoms with Crippen molar-refractivity contribution in [1.29, 1.82) is 0 Å². The Morgan fingerprint density at radius 3 is 2.29 bits per heavy atom. The van der Waals surface area contributed by atoms with Gasteiger partial charge >= 0.3 is 6.18 Å². The second-order valence-corrected chi connectivity index (χ2v) is 9.04. The van der Waals surface area contributed by atoms with Gasteiger partial charge in [0.1, 0.15) is 5.01 Å². The van der Waals surface area contributed by atoms with Crippen LogP contribution in [0.3, 0.4) is 0 Å². The summed E-state index contributed by atoms with van der Waals surface area (Å²) in [5.74, 6) is 0. The van der Waals surface area contributed by atoms with Crippen LogP contribution in [0.15, 0.2) is 53.4 Å². The van der Waals surface area contributed by atoms with E-state index >= 15 is 0 Å². The second-order valence-electron chi connectivity index (χ2n) is 6.19. The topological polar surface area (TPSA) is 59.1 Å². The van der Waals surface area contributed by atoms with Gasteiger partial charge in [-0.3, -0.25) is 0 Å². The van der Waals surface area contributed by atoms with Crippen molar-refractivity contribution < 1.29 is 21.6 Å². The molecule has 9 heteroatoms. The number of halogens is 3. The molecule has 0 saturated carbocycles. The van der Waals surface area contributed by atoms with Crippen LogP contribution < -0.4 is 4.72 Å². The molecule has 148 valence electrons. The molecule has 1 aromatic heterocycles. The molecule has 0 aliphatic carbocycles. The van der Waals surface area contributed by atoms with Gasteiger partial charge in [0.15, 0.2) is 0 Å². The third-order valence-electron chi connectivity index (χ3n) is 4.18. The van der Waals surface area contributed by atoms with Crippen LogP contribution in [-0.4, -0.2) is 13.4 Å². The maximum Gasteiger partial charge on any atom is 0.416 e. The Morgan fingerprint density at radius 1 is 1.04 bits per heavy atom. The van der Waals surface area contributed by atoms with Gasteiger partial charge in [0.25, 0.3) is 0 Å². The first-order chi connectivity index (χ1) is 13.1. The molecule has 0 bridgehead atoms. The lowest BCUT2D eigenvalue weighted by molar-refractivity contribution is -0.137. The smallest absolute Gasteiger partial charge is 0.241 e. The number of rotatable bonds is 5. The van der Waals surface area contributed by atoms with Gasteiger partial charge in [0.05, 0.1) is 16.2 Å². The molecular weight excluding hydrogens is 409 g/mol. The average molecular weight is 426 g/mol. The lowest BCUT2D eigenvalue weighted by Gasteiger charge is -2.09. The fraction of sp³-hybridized carbons (Fsp3) is 0.211. The fourth-order valence-electron chi connectivity index (χ4n) is 2.59. The molecule has 1 N–H and O–H groups in total. The molecule has 4 nitrogen and oxygen atoms in total. The minimum Gasteiger partial charge on any atom is -0.241 e. The van der Waals surface area contributed by atoms with Crippen molar-refractivity contribution in [2.75, 3.05) is 0 Å². The minimum atomic E-state index is -4.51. The van der Waals surface area contributed by atoms with Crippen molar-refractivity contribution in [3.8, 4) is 10.6 Å². The number of hydrogen-bond acceptors (Lipinski definition) is 4. The Labute approximate surface area is 165 Å². The van der Waals surface area contributed by atoms with E-state index in [2.05, 4.69) is 9.71 Å². The van der Waals surface area contributed by atoms with E-state index in [-0.39, 0.29) is 11.4 Å². The van der Waals surface area contributed by atoms with Gasteiger partial charge in [-0.1, -0.05) is 24.3 Å². The van der Waals surface area contributed by atoms with E-state index in [1.807, 2.05) is 31.2 Å². The molecule has 0 unspecified atom stereocenters. The maximum absolute atomic E-state index is 12.6. The SMILES string of the molecule is Cc1ccccc1-c1nc(C)c(CNS(=O)(=O)c2ccc(C(F)(F)F)cc2)s1. The molecule has 0 aliphatic rings. The highest BCUT2D eigenvalue weighted by molar-refractivity contribution is 7.89. The van der Waals surface area contributed by atoms with E-state index < -0.39 is 21.8 Å². The second kappa shape index (κ2) is 7.65. The highest BCUT2D eigenvalue weighted by atomic mass is 32.2. The number of alkyl halides is 3. The molecule has 0 atom stereocenters. The van der Waals surface area contributed by atoms with Crippen LogP contribution in [-0.2, 0) is 22.7 Å². The summed E-state index contributed by atoms with van der Waals surface area (Å²) in [7, 11) is -3.94. The van der Waals surface area contributed by atoms with Crippen molar-refractivity contribution in [2.45, 2.75) is 31.5 Å². The summed E-state index contributed by atoms with van der Waals surface area (Å²) in [6.45, 7) is 3.78. The molecule has 0 aliphatic heterocycles. The zero-order valence-electron chi connectivity index (χ0n) is 15.0. The van der Waals surface area contributed by atoms with E-state index in [1.54, 1.807) is 6.92 Å². The highest BCUT2D eigenvalue weighted by Gasteiger charge is 2.30. The molecule has 3 aromatic rings. The Bertz CT molecular complexity index is 1090. The predicted molar refractivity (Wildman–Crippen MR) is 102 cm³/mol. The number of hydrogen-bond donors (Lipinski definition) is 1. The predicted octanol–water partition coefficient (Wildman–Crippen LogP) is 4.92. The monoisotopic (exact) mass is 426 g/mol. The molecule has 0 saturated heterocycles. The third kappa shape index (κ3) is 4.43. The number of benzene rings is 2. The van der Waals surface area contributed by atoms with Gasteiger partial charge in [-0.05, 0) is 43.7 Å². The van der Waals surface area contributed by atoms with E-state index in [1.165, 1.54) is 11.3 Å². The Balaban J connectivity index is 1.77. The molecule has 1 heterocycles. The fourth-order valence-corrected chi connectivity index (χ4v) is 4.77. The molecule has 2 aromatic carbocycles. The molecular formula is C19H17F3N2O2S2. The van der Waals surface area contributed by atoms with Crippen LogP contribution in [0.4, 0.5) is 13.2 Å². The maximum atomic E-state index is 12.6. The molecule has 0 radical (unpaired) electrons. The number of aryl methyl sites for hydroxylation is 2. The van der Waals surface area contributed by atoms with Gasteiger partial charge < -0.3 is 0 Å². The third-order valence-corrected chi connectivity index (χ3v) is 6.79. The van der Waals surface area contributed by atoms with Crippen LogP contribution in [0.1, 0.15) is 21.7 Å². The van der Waals surface area contributed by atoms with Crippen LogP contribution in [0.2, 0.25) is 0 Å². The van der Waals surface area contributed by atoms with E-state index in [4.69, 9.17) is 0 Å². The Hall–Kier alpha value is -2.23. The van der Waals surface area contributed by atoms with Gasteiger partial charge in [-0.25, -0.2) is 18.1 Å². The first kappa shape index (κ1) is 20.5. The normalized spacial score (nSPS) is 12.3. The summed E-state index contributed by atoms with van der Waals surface area (Å²) < 4.78 is 65.1. The largest absolute Gasteiger partial charge is 0.416 e. The van der Waals surface area contributed by atoms with Crippen molar-refractivity contribution in [3.63, 3.8) is 0 Å². The average Bonchev–Trinajstić information content (AvgIpc) is 3.00. The van der Waals surface area contributed by atoms with E-state index in [9.17, 15) is 21.6 Å². The molecule has 28 heavy (non-hydrogen) atoms. The quantitative estimate of drug-likeness (QED) is 0.630. The number of nitrogens with one attached hydrogen (secondary N) is 1. The number of aromatic nitrogens is 1. The number of sulfonamides is 1. The molecule has 0 spiro atoms. The van der Waals surface area contributed by atoms with Gasteiger partial charge in [-0.2, -0.15) is 13.2 Å². The van der Waals surface area contributed by atoms with Crippen LogP contribution in [0.25, 0.3) is 10.6 Å². The van der Waals surface area contributed by atoms with E-state index in [0.29, 0.717) is 5.69 Å². The molecule has 0 fully saturated rings. The molecule has 0 amide bonds. The van der Waals surface area contributed by atoms with Gasteiger partial charge in [0.2, 0.25) is 10.0 Å². The Kier molecular flexibility index (Phi) is 5.60. The van der Waals surface area contributed by atoms with Crippen molar-refractivity contribution >= 4 is 21.4 Å². The first-order valence-corrected chi connectivity index (χ1v) is 10.6. The first-order valence-electron chi connectivity index (χ1n) is 8.27. The minimum absolute atomic E-state index is 0.0126. The summed E-state index contributed by atoms with van der Waals surface area (Å²) >= 11 is 1.38. The van der Waals surface area contributed by atoms with Crippen LogP contribution in [0.5, 0.6) is 0 Å². The van der Waals surface area contributed by atoms with Crippen molar-refractivity contribution in [3.05, 3.63) is 70.2 Å². The highest BCUT2D eigenvalue weighted by Crippen LogP contribution is 2.31. The van der Waals surface area contributed by atoms with Crippen molar-refractivity contribution in [1.82, 2.24) is 9.71 Å². The summed E-state index contributed by atoms with van der Waals surface area (Å²) in [4.78, 5) is 5.04. The van der Waals surface area contributed by atoms with Gasteiger partial charge in [0, 0.05) is 17.0 Å². The van der Waals surface area contributed by atoms with Gasteiger partial charge in [-0.15, -0.1) is 11.3 Å².